The Labute approximate surface area is 103 Å². The number of allylic oxidation sites excluding steroid dienone is 1. The quantitative estimate of drug-likeness (QED) is 0.616. The van der Waals surface area contributed by atoms with Gasteiger partial charge in [-0.15, -0.1) is 0 Å². The van der Waals surface area contributed by atoms with E-state index >= 15 is 0 Å². The van der Waals surface area contributed by atoms with Crippen LogP contribution in [-0.2, 0) is 0 Å². The van der Waals surface area contributed by atoms with Crippen LogP contribution < -0.4 is 9.47 Å². The highest BCUT2D eigenvalue weighted by molar-refractivity contribution is 9.09. The Balaban J connectivity index is 3.30. The molecule has 0 aliphatic carbocycles. The van der Waals surface area contributed by atoms with Gasteiger partial charge in [-0.05, 0) is 12.1 Å². The van der Waals surface area contributed by atoms with Crippen molar-refractivity contribution < 1.29 is 14.3 Å². The number of aldehydes is 1. The molecule has 0 atom stereocenters. The second-order valence-electron chi connectivity index (χ2n) is 3.02. The van der Waals surface area contributed by atoms with Gasteiger partial charge >= 0.3 is 0 Å². The molecule has 0 aromatic heterocycles. The molecule has 0 fully saturated rings. The summed E-state index contributed by atoms with van der Waals surface area (Å²) in [6.07, 6.45) is 4.59. The monoisotopic (exact) mass is 284 g/mol. The van der Waals surface area contributed by atoms with Gasteiger partial charge in [-0.25, -0.2) is 0 Å². The molecule has 0 N–H and O–H groups in total. The largest absolute Gasteiger partial charge is 0.493 e. The van der Waals surface area contributed by atoms with Gasteiger partial charge in [-0.2, -0.15) is 0 Å². The van der Waals surface area contributed by atoms with Crippen LogP contribution in [0.5, 0.6) is 11.5 Å². The van der Waals surface area contributed by atoms with Gasteiger partial charge in [0.05, 0.1) is 14.2 Å². The second kappa shape index (κ2) is 6.33. The summed E-state index contributed by atoms with van der Waals surface area (Å²) >= 11 is 3.30. The second-order valence-corrected chi connectivity index (χ2v) is 3.67. The van der Waals surface area contributed by atoms with Crippen molar-refractivity contribution in [2.24, 2.45) is 0 Å². The number of methoxy groups -OCH3 is 2. The zero-order valence-electron chi connectivity index (χ0n) is 9.20. The van der Waals surface area contributed by atoms with E-state index in [-0.39, 0.29) is 0 Å². The topological polar surface area (TPSA) is 35.5 Å². The summed E-state index contributed by atoms with van der Waals surface area (Å²) in [5.74, 6) is 1.19. The van der Waals surface area contributed by atoms with Gasteiger partial charge < -0.3 is 9.47 Å². The molecule has 3 nitrogen and oxygen atoms in total. The Kier molecular flexibility index (Phi) is 5.05. The Morgan fingerprint density at radius 1 is 1.31 bits per heavy atom. The Morgan fingerprint density at radius 2 is 2.06 bits per heavy atom. The molecule has 86 valence electrons. The van der Waals surface area contributed by atoms with Crippen LogP contribution in [0.15, 0.2) is 18.2 Å². The van der Waals surface area contributed by atoms with Gasteiger partial charge in [0.15, 0.2) is 11.5 Å². The highest BCUT2D eigenvalue weighted by Gasteiger charge is 2.09. The molecule has 0 aliphatic rings. The molecule has 0 unspecified atom stereocenters. The summed E-state index contributed by atoms with van der Waals surface area (Å²) < 4.78 is 10.4. The van der Waals surface area contributed by atoms with Crippen LogP contribution in [0.25, 0.3) is 6.08 Å². The van der Waals surface area contributed by atoms with Crippen molar-refractivity contribution in [3.63, 3.8) is 0 Å². The number of carbonyl (C=O) groups excluding carboxylic acids is 1. The predicted octanol–water partition coefficient (Wildman–Crippen LogP) is 2.92. The van der Waals surface area contributed by atoms with E-state index < -0.39 is 0 Å². The molecule has 1 rings (SSSR count). The van der Waals surface area contributed by atoms with E-state index in [2.05, 4.69) is 15.9 Å². The fourth-order valence-corrected chi connectivity index (χ4v) is 1.57. The molecule has 0 radical (unpaired) electrons. The zero-order chi connectivity index (χ0) is 12.0. The number of ether oxygens (including phenoxy) is 2. The molecule has 0 saturated heterocycles. The van der Waals surface area contributed by atoms with E-state index in [0.29, 0.717) is 17.1 Å². The van der Waals surface area contributed by atoms with Crippen LogP contribution in [0.4, 0.5) is 0 Å². The molecule has 16 heavy (non-hydrogen) atoms. The first kappa shape index (κ1) is 12.8. The summed E-state index contributed by atoms with van der Waals surface area (Å²) in [7, 11) is 3.12. The van der Waals surface area contributed by atoms with Crippen LogP contribution in [0.2, 0.25) is 0 Å². The number of alkyl halides is 1. The summed E-state index contributed by atoms with van der Waals surface area (Å²) in [6, 6.07) is 3.41. The summed E-state index contributed by atoms with van der Waals surface area (Å²) in [5, 5.41) is 0.740. The van der Waals surface area contributed by atoms with Crippen LogP contribution in [-0.4, -0.2) is 25.8 Å². The fourth-order valence-electron chi connectivity index (χ4n) is 1.38. The van der Waals surface area contributed by atoms with E-state index in [9.17, 15) is 4.79 Å². The molecule has 0 saturated carbocycles. The normalized spacial score (nSPS) is 10.4. The van der Waals surface area contributed by atoms with Gasteiger partial charge in [0.1, 0.15) is 6.29 Å². The summed E-state index contributed by atoms with van der Waals surface area (Å²) in [6.45, 7) is 0. The first-order valence-electron chi connectivity index (χ1n) is 4.70. The Morgan fingerprint density at radius 3 is 2.56 bits per heavy atom. The number of carbonyl (C=O) groups is 1. The van der Waals surface area contributed by atoms with E-state index in [1.165, 1.54) is 0 Å². The molecule has 0 bridgehead atoms. The van der Waals surface area contributed by atoms with Crippen LogP contribution in [0.3, 0.4) is 0 Å². The molecule has 0 aliphatic heterocycles. The fraction of sp³-hybridized carbons (Fsp3) is 0.250. The first-order valence-corrected chi connectivity index (χ1v) is 5.82. The van der Waals surface area contributed by atoms with E-state index in [4.69, 9.17) is 9.47 Å². The van der Waals surface area contributed by atoms with E-state index in [0.717, 1.165) is 17.2 Å². The standard InChI is InChI=1S/C12H13BrO3/c1-15-11-7-9(8-14)6-10(4-3-5-13)12(11)16-2/h3-4,6-8H,5H2,1-2H3. The van der Waals surface area contributed by atoms with Crippen molar-refractivity contribution in [1.29, 1.82) is 0 Å². The number of rotatable bonds is 5. The van der Waals surface area contributed by atoms with Crippen molar-refractivity contribution in [1.82, 2.24) is 0 Å². The zero-order valence-corrected chi connectivity index (χ0v) is 10.8. The molecular weight excluding hydrogens is 272 g/mol. The third-order valence-corrected chi connectivity index (χ3v) is 2.43. The third-order valence-electron chi connectivity index (χ3n) is 2.05. The van der Waals surface area contributed by atoms with Crippen LogP contribution in [0, 0.1) is 0 Å². The van der Waals surface area contributed by atoms with E-state index in [1.807, 2.05) is 12.2 Å². The highest BCUT2D eigenvalue weighted by Crippen LogP contribution is 2.33. The maximum Gasteiger partial charge on any atom is 0.167 e. The molecule has 1 aromatic rings. The van der Waals surface area contributed by atoms with Crippen molar-refractivity contribution in [3.05, 3.63) is 29.3 Å². The Bertz CT molecular complexity index is 399. The van der Waals surface area contributed by atoms with Crippen molar-refractivity contribution in [2.75, 3.05) is 19.5 Å². The first-order chi connectivity index (χ1) is 7.76. The highest BCUT2D eigenvalue weighted by atomic mass is 79.9. The SMILES string of the molecule is COc1cc(C=O)cc(C=CCBr)c1OC. The lowest BCUT2D eigenvalue weighted by atomic mass is 10.1. The third kappa shape index (κ3) is 2.85. The molecule has 4 heteroatoms. The maximum absolute atomic E-state index is 10.8. The minimum atomic E-state index is 0.557. The predicted molar refractivity (Wildman–Crippen MR) is 67.8 cm³/mol. The lowest BCUT2D eigenvalue weighted by Gasteiger charge is -2.11. The summed E-state index contributed by atoms with van der Waals surface area (Å²) in [5.41, 5.74) is 1.38. The lowest BCUT2D eigenvalue weighted by molar-refractivity contribution is 0.112. The average Bonchev–Trinajstić information content (AvgIpc) is 2.34. The van der Waals surface area contributed by atoms with Crippen molar-refractivity contribution in [2.45, 2.75) is 0 Å². The van der Waals surface area contributed by atoms with Gasteiger partial charge in [-0.1, -0.05) is 28.1 Å². The molecule has 0 amide bonds. The van der Waals surface area contributed by atoms with E-state index in [1.54, 1.807) is 26.4 Å². The number of hydrogen-bond acceptors (Lipinski definition) is 3. The number of halogens is 1. The number of benzene rings is 1. The minimum absolute atomic E-state index is 0.557. The van der Waals surface area contributed by atoms with Crippen molar-refractivity contribution in [3.8, 4) is 11.5 Å². The summed E-state index contributed by atoms with van der Waals surface area (Å²) in [4.78, 5) is 10.8. The lowest BCUT2D eigenvalue weighted by Crippen LogP contribution is -1.95. The number of hydrogen-bond donors (Lipinski definition) is 0. The molecule has 0 spiro atoms. The minimum Gasteiger partial charge on any atom is -0.493 e. The van der Waals surface area contributed by atoms with Crippen molar-refractivity contribution >= 4 is 28.3 Å². The van der Waals surface area contributed by atoms with Gasteiger partial charge in [-0.3, -0.25) is 4.79 Å². The smallest absolute Gasteiger partial charge is 0.167 e. The van der Waals surface area contributed by atoms with Gasteiger partial charge in [0, 0.05) is 16.5 Å². The van der Waals surface area contributed by atoms with Gasteiger partial charge in [0.25, 0.3) is 0 Å². The molecule has 0 heterocycles. The Hall–Kier alpha value is -1.29. The molecular formula is C12H13BrO3. The maximum atomic E-state index is 10.8. The van der Waals surface area contributed by atoms with Gasteiger partial charge in [0.2, 0.25) is 0 Å². The van der Waals surface area contributed by atoms with Crippen LogP contribution >= 0.6 is 15.9 Å². The average molecular weight is 285 g/mol. The molecule has 1 aromatic carbocycles. The van der Waals surface area contributed by atoms with Crippen LogP contribution in [0.1, 0.15) is 15.9 Å².